The van der Waals surface area contributed by atoms with Crippen molar-refractivity contribution >= 4 is 11.9 Å². The number of ether oxygens (including phenoxy) is 3. The summed E-state index contributed by atoms with van der Waals surface area (Å²) in [5.74, 6) is -1.10. The van der Waals surface area contributed by atoms with E-state index in [-0.39, 0.29) is 24.5 Å². The molecule has 34 heavy (non-hydrogen) atoms. The molecule has 0 N–H and O–H groups in total. The first-order chi connectivity index (χ1) is 16.3. The number of alkyl halides is 2. The van der Waals surface area contributed by atoms with Crippen LogP contribution in [0.2, 0.25) is 0 Å². The van der Waals surface area contributed by atoms with Gasteiger partial charge in [0.05, 0.1) is 5.56 Å². The van der Waals surface area contributed by atoms with Crippen LogP contribution in [0, 0.1) is 0 Å². The standard InChI is InChI=1S/C27H22F2O5/c1-3-25(30)32-17-19-5-9-21(10-6-19)22-11-13-23(14-12-22)27(28,29)34-24-15-7-20(8-16-24)18-33-26(31)4-2/h3-16H,1-2,17-18H2. The average Bonchev–Trinajstić information content (AvgIpc) is 2.86. The molecule has 0 aliphatic carbocycles. The second kappa shape index (κ2) is 11.0. The fourth-order valence-electron chi connectivity index (χ4n) is 2.94. The third kappa shape index (κ3) is 6.62. The number of rotatable bonds is 10. The maximum Gasteiger partial charge on any atom is 0.426 e. The van der Waals surface area contributed by atoms with Gasteiger partial charge in [-0.2, -0.15) is 8.78 Å². The minimum atomic E-state index is -3.55. The molecule has 0 saturated carbocycles. The van der Waals surface area contributed by atoms with Crippen molar-refractivity contribution in [2.75, 3.05) is 0 Å². The molecule has 3 aromatic carbocycles. The third-order valence-corrected chi connectivity index (χ3v) is 4.77. The zero-order valence-corrected chi connectivity index (χ0v) is 18.2. The normalized spacial score (nSPS) is 10.8. The van der Waals surface area contributed by atoms with Gasteiger partial charge in [-0.1, -0.05) is 61.7 Å². The number of esters is 2. The van der Waals surface area contributed by atoms with Crippen LogP contribution in [0.4, 0.5) is 8.78 Å². The van der Waals surface area contributed by atoms with Crippen molar-refractivity contribution in [2.24, 2.45) is 0 Å². The number of carbonyl (C=O) groups is 2. The van der Waals surface area contributed by atoms with Gasteiger partial charge in [-0.15, -0.1) is 0 Å². The smallest absolute Gasteiger partial charge is 0.426 e. The van der Waals surface area contributed by atoms with Crippen molar-refractivity contribution in [1.29, 1.82) is 0 Å². The highest BCUT2D eigenvalue weighted by molar-refractivity contribution is 5.81. The van der Waals surface area contributed by atoms with Crippen LogP contribution in [-0.4, -0.2) is 11.9 Å². The van der Waals surface area contributed by atoms with Gasteiger partial charge in [-0.05, 0) is 46.5 Å². The average molecular weight is 464 g/mol. The predicted octanol–water partition coefficient (Wildman–Crippen LogP) is 5.94. The lowest BCUT2D eigenvalue weighted by atomic mass is 10.0. The first-order valence-corrected chi connectivity index (χ1v) is 10.2. The Morgan fingerprint density at radius 3 is 1.56 bits per heavy atom. The van der Waals surface area contributed by atoms with Crippen LogP contribution < -0.4 is 4.74 Å². The number of hydrogen-bond acceptors (Lipinski definition) is 5. The van der Waals surface area contributed by atoms with E-state index in [0.717, 1.165) is 28.8 Å². The highest BCUT2D eigenvalue weighted by Gasteiger charge is 2.34. The Balaban J connectivity index is 1.62. The van der Waals surface area contributed by atoms with E-state index in [9.17, 15) is 18.4 Å². The van der Waals surface area contributed by atoms with Crippen molar-refractivity contribution < 1.29 is 32.6 Å². The molecule has 3 aromatic rings. The molecule has 0 fully saturated rings. The zero-order chi connectivity index (χ0) is 24.6. The molecule has 0 aromatic heterocycles. The van der Waals surface area contributed by atoms with Crippen LogP contribution in [0.3, 0.4) is 0 Å². The number of hydrogen-bond donors (Lipinski definition) is 0. The van der Waals surface area contributed by atoms with Gasteiger partial charge in [0, 0.05) is 12.2 Å². The Morgan fingerprint density at radius 2 is 1.12 bits per heavy atom. The van der Waals surface area contributed by atoms with E-state index in [4.69, 9.17) is 14.2 Å². The fourth-order valence-corrected chi connectivity index (χ4v) is 2.94. The first kappa shape index (κ1) is 24.4. The molecular weight excluding hydrogens is 442 g/mol. The van der Waals surface area contributed by atoms with E-state index in [0.29, 0.717) is 5.56 Å². The minimum absolute atomic E-state index is 0.00391. The Kier molecular flexibility index (Phi) is 7.92. The van der Waals surface area contributed by atoms with E-state index < -0.39 is 18.0 Å². The van der Waals surface area contributed by atoms with Crippen LogP contribution >= 0.6 is 0 Å². The fraction of sp³-hybridized carbons (Fsp3) is 0.111. The lowest BCUT2D eigenvalue weighted by molar-refractivity contribution is -0.185. The largest absolute Gasteiger partial charge is 0.458 e. The van der Waals surface area contributed by atoms with Crippen LogP contribution in [0.15, 0.2) is 98.1 Å². The van der Waals surface area contributed by atoms with Crippen LogP contribution in [0.1, 0.15) is 16.7 Å². The zero-order valence-electron chi connectivity index (χ0n) is 18.2. The second-order valence-corrected chi connectivity index (χ2v) is 7.16. The lowest BCUT2D eigenvalue weighted by Crippen LogP contribution is -2.21. The molecule has 3 rings (SSSR count). The highest BCUT2D eigenvalue weighted by atomic mass is 19.3. The van der Waals surface area contributed by atoms with Gasteiger partial charge in [0.1, 0.15) is 19.0 Å². The van der Waals surface area contributed by atoms with Gasteiger partial charge in [0.15, 0.2) is 0 Å². The maximum atomic E-state index is 14.7. The molecule has 0 spiro atoms. The van der Waals surface area contributed by atoms with Crippen molar-refractivity contribution in [2.45, 2.75) is 19.3 Å². The van der Waals surface area contributed by atoms with Crippen molar-refractivity contribution in [1.82, 2.24) is 0 Å². The van der Waals surface area contributed by atoms with Crippen molar-refractivity contribution in [3.8, 4) is 16.9 Å². The van der Waals surface area contributed by atoms with E-state index in [1.807, 2.05) is 12.1 Å². The summed E-state index contributed by atoms with van der Waals surface area (Å²) in [6.45, 7) is 6.76. The highest BCUT2D eigenvalue weighted by Crippen LogP contribution is 2.33. The summed E-state index contributed by atoms with van der Waals surface area (Å²) < 4.78 is 44.1. The molecule has 7 heteroatoms. The summed E-state index contributed by atoms with van der Waals surface area (Å²) in [5.41, 5.74) is 2.68. The van der Waals surface area contributed by atoms with Gasteiger partial charge in [-0.25, -0.2) is 9.59 Å². The molecule has 5 nitrogen and oxygen atoms in total. The molecule has 0 atom stereocenters. The van der Waals surface area contributed by atoms with Gasteiger partial charge in [0.2, 0.25) is 0 Å². The molecule has 0 amide bonds. The molecule has 0 radical (unpaired) electrons. The van der Waals surface area contributed by atoms with Crippen LogP contribution in [-0.2, 0) is 38.4 Å². The number of benzene rings is 3. The second-order valence-electron chi connectivity index (χ2n) is 7.16. The van der Waals surface area contributed by atoms with Crippen molar-refractivity contribution in [3.63, 3.8) is 0 Å². The Labute approximate surface area is 195 Å². The Bertz CT molecular complexity index is 1150. The minimum Gasteiger partial charge on any atom is -0.458 e. The van der Waals surface area contributed by atoms with Crippen molar-refractivity contribution in [3.05, 3.63) is 115 Å². The SMILES string of the molecule is C=CC(=O)OCc1ccc(OC(F)(F)c2ccc(-c3ccc(COC(=O)C=C)cc3)cc2)cc1. The van der Waals surface area contributed by atoms with E-state index in [1.165, 1.54) is 36.4 Å². The summed E-state index contributed by atoms with van der Waals surface area (Å²) >= 11 is 0. The summed E-state index contributed by atoms with van der Waals surface area (Å²) in [6, 6.07) is 18.8. The predicted molar refractivity (Wildman–Crippen MR) is 123 cm³/mol. The lowest BCUT2D eigenvalue weighted by Gasteiger charge is -2.19. The molecule has 0 aliphatic rings. The topological polar surface area (TPSA) is 61.8 Å². The van der Waals surface area contributed by atoms with Gasteiger partial charge in [-0.3, -0.25) is 0 Å². The summed E-state index contributed by atoms with van der Waals surface area (Å²) in [4.78, 5) is 22.2. The molecular formula is C27H22F2O5. The summed E-state index contributed by atoms with van der Waals surface area (Å²) in [5, 5.41) is 0. The van der Waals surface area contributed by atoms with Crippen LogP contribution in [0.25, 0.3) is 11.1 Å². The molecule has 0 unspecified atom stereocenters. The van der Waals surface area contributed by atoms with E-state index in [2.05, 4.69) is 13.2 Å². The van der Waals surface area contributed by atoms with Crippen LogP contribution in [0.5, 0.6) is 5.75 Å². The molecule has 0 heterocycles. The summed E-state index contributed by atoms with van der Waals surface area (Å²) in [6.07, 6.45) is -1.41. The quantitative estimate of drug-likeness (QED) is 0.275. The van der Waals surface area contributed by atoms with Gasteiger partial charge >= 0.3 is 18.0 Å². The molecule has 0 bridgehead atoms. The number of carbonyl (C=O) groups excluding carboxylic acids is 2. The Hall–Kier alpha value is -4.26. The maximum absolute atomic E-state index is 14.7. The summed E-state index contributed by atoms with van der Waals surface area (Å²) in [7, 11) is 0. The molecule has 174 valence electrons. The monoisotopic (exact) mass is 464 g/mol. The third-order valence-electron chi connectivity index (χ3n) is 4.77. The Morgan fingerprint density at radius 1 is 0.706 bits per heavy atom. The molecule has 0 saturated heterocycles. The first-order valence-electron chi connectivity index (χ1n) is 10.2. The molecule has 0 aliphatic heterocycles. The van der Waals surface area contributed by atoms with Gasteiger partial charge < -0.3 is 14.2 Å². The van der Waals surface area contributed by atoms with E-state index >= 15 is 0 Å². The van der Waals surface area contributed by atoms with Gasteiger partial charge in [0.25, 0.3) is 0 Å². The van der Waals surface area contributed by atoms with E-state index in [1.54, 1.807) is 24.3 Å². The number of halogens is 2.